The quantitative estimate of drug-likeness (QED) is 0.155. The first-order valence-electron chi connectivity index (χ1n) is 16.6. The Morgan fingerprint density at radius 1 is 0.300 bits per heavy atom. The summed E-state index contributed by atoms with van der Waals surface area (Å²) in [6.45, 7) is 0. The maximum absolute atomic E-state index is 5.08. The highest BCUT2D eigenvalue weighted by molar-refractivity contribution is 6.04. The Labute approximate surface area is 292 Å². The minimum Gasteiger partial charge on any atom is -0.256 e. The van der Waals surface area contributed by atoms with E-state index in [-0.39, 0.29) is 0 Å². The van der Waals surface area contributed by atoms with Gasteiger partial charge in [0, 0.05) is 28.5 Å². The van der Waals surface area contributed by atoms with E-state index in [4.69, 9.17) is 15.0 Å². The van der Waals surface area contributed by atoms with Gasteiger partial charge in [-0.1, -0.05) is 170 Å². The molecule has 4 nitrogen and oxygen atoms in total. The molecule has 4 heteroatoms. The Kier molecular flexibility index (Phi) is 8.64. The minimum absolute atomic E-state index is 0.609. The van der Waals surface area contributed by atoms with Gasteiger partial charge in [0.15, 0.2) is 17.5 Å². The molecule has 50 heavy (non-hydrogen) atoms. The van der Waals surface area contributed by atoms with Crippen molar-refractivity contribution in [3.05, 3.63) is 217 Å². The summed E-state index contributed by atoms with van der Waals surface area (Å²) in [5, 5.41) is 0. The summed E-state index contributed by atoms with van der Waals surface area (Å²) in [7, 11) is 0. The smallest absolute Gasteiger partial charge is 0.164 e. The van der Waals surface area contributed by atoms with Crippen LogP contribution in [0.15, 0.2) is 194 Å². The lowest BCUT2D eigenvalue weighted by Gasteiger charge is -2.18. The molecule has 0 atom stereocenters. The minimum atomic E-state index is 0.609. The number of hydrogen-bond acceptors (Lipinski definition) is 4. The number of hydrogen-bond donors (Lipinski definition) is 0. The van der Waals surface area contributed by atoms with Crippen molar-refractivity contribution in [2.75, 3.05) is 0 Å². The first-order chi connectivity index (χ1) is 24.8. The SMILES string of the molecule is c1ccc(C(=C(c2ccccc2)c2cccc(-c3nc(-c4ccccc4)nc(-c4ccc(-c5ccccn5)cc4)n3)c2)c2ccccc2)cc1. The zero-order valence-electron chi connectivity index (χ0n) is 27.3. The van der Waals surface area contributed by atoms with Crippen molar-refractivity contribution < 1.29 is 0 Å². The fraction of sp³-hybridized carbons (Fsp3) is 0. The zero-order chi connectivity index (χ0) is 33.5. The van der Waals surface area contributed by atoms with E-state index in [1.807, 2.05) is 54.7 Å². The first kappa shape index (κ1) is 30.5. The lowest BCUT2D eigenvalue weighted by atomic mass is 9.85. The van der Waals surface area contributed by atoms with Crippen LogP contribution < -0.4 is 0 Å². The van der Waals surface area contributed by atoms with Gasteiger partial charge in [-0.05, 0) is 51.6 Å². The molecule has 0 saturated carbocycles. The van der Waals surface area contributed by atoms with Crippen LogP contribution in [0.2, 0.25) is 0 Å². The molecule has 0 saturated heterocycles. The Morgan fingerprint density at radius 3 is 1.22 bits per heavy atom. The van der Waals surface area contributed by atoms with Crippen molar-refractivity contribution >= 4 is 11.1 Å². The molecule has 0 amide bonds. The molecule has 0 radical (unpaired) electrons. The molecular formula is C46H32N4. The molecule has 0 aliphatic carbocycles. The fourth-order valence-corrected chi connectivity index (χ4v) is 6.21. The molecule has 236 valence electrons. The van der Waals surface area contributed by atoms with Crippen molar-refractivity contribution in [2.45, 2.75) is 0 Å². The van der Waals surface area contributed by atoms with Crippen LogP contribution >= 0.6 is 0 Å². The van der Waals surface area contributed by atoms with Crippen LogP contribution in [0, 0.1) is 0 Å². The predicted molar refractivity (Wildman–Crippen MR) is 204 cm³/mol. The van der Waals surface area contributed by atoms with Crippen LogP contribution in [0.5, 0.6) is 0 Å². The predicted octanol–water partition coefficient (Wildman–Crippen LogP) is 10.9. The Balaban J connectivity index is 1.31. The van der Waals surface area contributed by atoms with E-state index < -0.39 is 0 Å². The van der Waals surface area contributed by atoms with E-state index >= 15 is 0 Å². The van der Waals surface area contributed by atoms with Gasteiger partial charge < -0.3 is 0 Å². The molecule has 0 fully saturated rings. The van der Waals surface area contributed by atoms with Gasteiger partial charge in [0.2, 0.25) is 0 Å². The molecule has 0 aliphatic rings. The van der Waals surface area contributed by atoms with Gasteiger partial charge in [-0.3, -0.25) is 4.98 Å². The number of rotatable bonds is 8. The van der Waals surface area contributed by atoms with Crippen LogP contribution in [-0.4, -0.2) is 19.9 Å². The standard InChI is InChI=1S/C46H32N4/c1-5-16-34(17-6-1)42(35-18-7-2-8-19-35)43(36-20-9-3-10-21-36)39-24-15-25-40(32-39)46-49-44(37-22-11-4-12-23-37)48-45(50-46)38-29-27-33(28-30-38)41-26-13-14-31-47-41/h1-32H. The van der Waals surface area contributed by atoms with Crippen LogP contribution in [0.25, 0.3) is 56.6 Å². The summed E-state index contributed by atoms with van der Waals surface area (Å²) in [4.78, 5) is 19.6. The molecule has 8 rings (SSSR count). The second-order valence-electron chi connectivity index (χ2n) is 11.9. The third-order valence-corrected chi connectivity index (χ3v) is 8.62. The Bertz CT molecular complexity index is 2330. The summed E-state index contributed by atoms with van der Waals surface area (Å²) in [5.74, 6) is 1.84. The average Bonchev–Trinajstić information content (AvgIpc) is 3.21. The number of pyridine rings is 1. The highest BCUT2D eigenvalue weighted by atomic mass is 15.0. The molecule has 2 heterocycles. The lowest BCUT2D eigenvalue weighted by molar-refractivity contribution is 1.07. The highest BCUT2D eigenvalue weighted by Crippen LogP contribution is 2.38. The van der Waals surface area contributed by atoms with Crippen LogP contribution in [0.4, 0.5) is 0 Å². The number of nitrogens with zero attached hydrogens (tertiary/aromatic N) is 4. The average molecular weight is 641 g/mol. The van der Waals surface area contributed by atoms with Gasteiger partial charge in [-0.15, -0.1) is 0 Å². The van der Waals surface area contributed by atoms with Crippen molar-refractivity contribution in [1.29, 1.82) is 0 Å². The summed E-state index contributed by atoms with van der Waals surface area (Å²) < 4.78 is 0. The molecule has 8 aromatic rings. The number of aromatic nitrogens is 4. The van der Waals surface area contributed by atoms with Crippen LogP contribution in [-0.2, 0) is 0 Å². The van der Waals surface area contributed by atoms with E-state index in [1.165, 1.54) is 0 Å². The maximum atomic E-state index is 5.08. The second-order valence-corrected chi connectivity index (χ2v) is 11.9. The highest BCUT2D eigenvalue weighted by Gasteiger charge is 2.18. The molecule has 0 spiro atoms. The van der Waals surface area contributed by atoms with E-state index in [2.05, 4.69) is 145 Å². The van der Waals surface area contributed by atoms with Crippen molar-refractivity contribution in [3.63, 3.8) is 0 Å². The van der Waals surface area contributed by atoms with Gasteiger partial charge in [0.05, 0.1) is 5.69 Å². The molecule has 6 aromatic carbocycles. The normalized spacial score (nSPS) is 10.8. The van der Waals surface area contributed by atoms with Crippen molar-refractivity contribution in [1.82, 2.24) is 19.9 Å². The fourth-order valence-electron chi connectivity index (χ4n) is 6.21. The van der Waals surface area contributed by atoms with E-state index in [0.29, 0.717) is 17.5 Å². The molecule has 2 aromatic heterocycles. The van der Waals surface area contributed by atoms with Gasteiger partial charge in [-0.25, -0.2) is 15.0 Å². The Morgan fingerprint density at radius 2 is 0.700 bits per heavy atom. The molecule has 0 N–H and O–H groups in total. The zero-order valence-corrected chi connectivity index (χ0v) is 27.3. The summed E-state index contributed by atoms with van der Waals surface area (Å²) in [5.41, 5.74) is 11.5. The van der Waals surface area contributed by atoms with Gasteiger partial charge in [0.1, 0.15) is 0 Å². The van der Waals surface area contributed by atoms with Gasteiger partial charge in [-0.2, -0.15) is 0 Å². The van der Waals surface area contributed by atoms with E-state index in [1.54, 1.807) is 0 Å². The summed E-state index contributed by atoms with van der Waals surface area (Å²) >= 11 is 0. The molecule has 0 unspecified atom stereocenters. The van der Waals surface area contributed by atoms with Crippen molar-refractivity contribution in [3.8, 4) is 45.4 Å². The van der Waals surface area contributed by atoms with E-state index in [0.717, 1.165) is 61.3 Å². The Hall–Kier alpha value is -6.78. The molecular weight excluding hydrogens is 609 g/mol. The van der Waals surface area contributed by atoms with Crippen LogP contribution in [0.1, 0.15) is 22.3 Å². The summed E-state index contributed by atoms with van der Waals surface area (Å²) in [6, 6.07) is 64.6. The largest absolute Gasteiger partial charge is 0.256 e. The second kappa shape index (κ2) is 14.1. The van der Waals surface area contributed by atoms with Gasteiger partial charge >= 0.3 is 0 Å². The van der Waals surface area contributed by atoms with E-state index in [9.17, 15) is 0 Å². The molecule has 0 bridgehead atoms. The monoisotopic (exact) mass is 640 g/mol. The third kappa shape index (κ3) is 6.51. The topological polar surface area (TPSA) is 51.6 Å². The van der Waals surface area contributed by atoms with Crippen molar-refractivity contribution in [2.24, 2.45) is 0 Å². The lowest BCUT2D eigenvalue weighted by Crippen LogP contribution is -2.01. The third-order valence-electron chi connectivity index (χ3n) is 8.62. The van der Waals surface area contributed by atoms with Crippen LogP contribution in [0.3, 0.4) is 0 Å². The first-order valence-corrected chi connectivity index (χ1v) is 16.6. The maximum Gasteiger partial charge on any atom is 0.164 e. The number of benzene rings is 6. The summed E-state index contributed by atoms with van der Waals surface area (Å²) in [6.07, 6.45) is 1.81. The van der Waals surface area contributed by atoms with Gasteiger partial charge in [0.25, 0.3) is 0 Å². The molecule has 0 aliphatic heterocycles.